The zero-order valence-electron chi connectivity index (χ0n) is 18.6. The average molecular weight is 481 g/mol. The van der Waals surface area contributed by atoms with Gasteiger partial charge < -0.3 is 14.9 Å². The van der Waals surface area contributed by atoms with E-state index in [0.717, 1.165) is 24.7 Å². The van der Waals surface area contributed by atoms with Crippen LogP contribution in [0.3, 0.4) is 0 Å². The fourth-order valence-electron chi connectivity index (χ4n) is 3.74. The fourth-order valence-corrected chi connectivity index (χ4v) is 4.61. The monoisotopic (exact) mass is 480 g/mol. The molecule has 1 saturated carbocycles. The Morgan fingerprint density at radius 1 is 1.30 bits per heavy atom. The molecule has 1 saturated heterocycles. The first-order chi connectivity index (χ1) is 15.6. The summed E-state index contributed by atoms with van der Waals surface area (Å²) >= 11 is 0. The zero-order chi connectivity index (χ0) is 24.2. The molecular formula is C21H28N4O7S. The topological polar surface area (TPSA) is 146 Å². The molecule has 2 fully saturated rings. The third-order valence-electron chi connectivity index (χ3n) is 5.98. The second kappa shape index (κ2) is 9.96. The number of carbonyl (C=O) groups excluding carboxylic acids is 2. The van der Waals surface area contributed by atoms with E-state index in [1.807, 2.05) is 0 Å². The molecule has 2 atom stereocenters. The van der Waals surface area contributed by atoms with Gasteiger partial charge in [0, 0.05) is 42.1 Å². The number of hydrogen-bond donors (Lipinski definition) is 4. The highest BCUT2D eigenvalue weighted by Crippen LogP contribution is 2.30. The first-order valence-electron chi connectivity index (χ1n) is 10.3. The van der Waals surface area contributed by atoms with E-state index in [4.69, 9.17) is 14.8 Å². The van der Waals surface area contributed by atoms with Gasteiger partial charge in [0.05, 0.1) is 13.7 Å². The predicted octanol–water partition coefficient (Wildman–Crippen LogP) is 0.291. The summed E-state index contributed by atoms with van der Waals surface area (Å²) < 4.78 is 27.7. The Morgan fingerprint density at radius 2 is 1.97 bits per heavy atom. The molecule has 3 rings (SSSR count). The van der Waals surface area contributed by atoms with E-state index >= 15 is 0 Å². The summed E-state index contributed by atoms with van der Waals surface area (Å²) in [4.78, 5) is 30.6. The molecule has 2 amide bonds. The normalized spacial score (nSPS) is 24.1. The van der Waals surface area contributed by atoms with Crippen molar-refractivity contribution in [2.75, 3.05) is 24.8 Å². The predicted molar refractivity (Wildman–Crippen MR) is 119 cm³/mol. The molecule has 1 aromatic carbocycles. The largest absolute Gasteiger partial charge is 0.444 e. The molecule has 4 N–H and O–H groups in total. The van der Waals surface area contributed by atoms with Crippen molar-refractivity contribution in [2.24, 2.45) is 0 Å². The minimum absolute atomic E-state index is 0.0631. The third-order valence-corrected chi connectivity index (χ3v) is 7.97. The van der Waals surface area contributed by atoms with Crippen molar-refractivity contribution >= 4 is 27.5 Å². The number of benzene rings is 1. The lowest BCUT2D eigenvalue weighted by molar-refractivity contribution is -0.132. The highest BCUT2D eigenvalue weighted by atomic mass is 32.2. The summed E-state index contributed by atoms with van der Waals surface area (Å²) in [6.07, 6.45) is 0.959. The molecule has 1 aliphatic carbocycles. The van der Waals surface area contributed by atoms with Crippen molar-refractivity contribution in [3.05, 3.63) is 29.8 Å². The summed E-state index contributed by atoms with van der Waals surface area (Å²) in [7, 11) is -2.31. The van der Waals surface area contributed by atoms with Gasteiger partial charge in [-0.3, -0.25) is 14.9 Å². The molecule has 2 unspecified atom stereocenters. The molecule has 33 heavy (non-hydrogen) atoms. The van der Waals surface area contributed by atoms with Crippen molar-refractivity contribution < 1.29 is 32.8 Å². The molecular weight excluding hydrogens is 452 g/mol. The van der Waals surface area contributed by atoms with Crippen LogP contribution in [-0.2, 0) is 24.2 Å². The summed E-state index contributed by atoms with van der Waals surface area (Å²) in [6.45, 7) is 1.25. The molecule has 11 nitrogen and oxygen atoms in total. The van der Waals surface area contributed by atoms with Gasteiger partial charge in [-0.05, 0) is 50.0 Å². The van der Waals surface area contributed by atoms with E-state index in [1.165, 1.54) is 17.3 Å². The van der Waals surface area contributed by atoms with Gasteiger partial charge in [-0.25, -0.2) is 18.7 Å². The molecule has 0 bridgehead atoms. The number of anilines is 1. The van der Waals surface area contributed by atoms with Gasteiger partial charge in [0.1, 0.15) is 6.10 Å². The summed E-state index contributed by atoms with van der Waals surface area (Å²) in [5, 5.41) is 12.1. The molecule has 12 heteroatoms. The van der Waals surface area contributed by atoms with E-state index in [0.29, 0.717) is 17.8 Å². The maximum atomic E-state index is 12.4. The van der Waals surface area contributed by atoms with Gasteiger partial charge in [0.25, 0.3) is 5.91 Å². The number of amides is 2. The maximum absolute atomic E-state index is 12.4. The van der Waals surface area contributed by atoms with Gasteiger partial charge in [0.15, 0.2) is 14.6 Å². The fraction of sp³-hybridized carbons (Fsp3) is 0.524. The number of nitrogens with one attached hydrogen (secondary N) is 3. The van der Waals surface area contributed by atoms with Crippen LogP contribution in [0.25, 0.3) is 0 Å². The van der Waals surface area contributed by atoms with Crippen LogP contribution in [0.2, 0.25) is 0 Å². The molecule has 0 aromatic heterocycles. The van der Waals surface area contributed by atoms with Crippen molar-refractivity contribution in [2.45, 2.75) is 49.1 Å². The Hall–Kier alpha value is -2.85. The highest BCUT2D eigenvalue weighted by Gasteiger charge is 2.48. The number of hydroxylamine groups is 2. The summed E-state index contributed by atoms with van der Waals surface area (Å²) in [6, 6.07) is 10.5. The van der Waals surface area contributed by atoms with Crippen LogP contribution in [0.5, 0.6) is 0 Å². The van der Waals surface area contributed by atoms with E-state index in [9.17, 15) is 18.0 Å². The second-order valence-electron chi connectivity index (χ2n) is 8.39. The van der Waals surface area contributed by atoms with Gasteiger partial charge in [-0.1, -0.05) is 0 Å². The smallest absolute Gasteiger partial charge is 0.414 e. The Morgan fingerprint density at radius 3 is 2.55 bits per heavy atom. The SMILES string of the molecule is CONC1CC(NC#Cc2ccc(N3CC(CC(C)(C(=O)NO)S(C)(=O)=O)OC3=O)cc2)C1. The summed E-state index contributed by atoms with van der Waals surface area (Å²) in [5.74, 6) is 1.93. The van der Waals surface area contributed by atoms with Crippen LogP contribution in [0, 0.1) is 12.0 Å². The molecule has 180 valence electrons. The van der Waals surface area contributed by atoms with E-state index in [1.54, 1.807) is 31.4 Å². The number of cyclic esters (lactones) is 1. The lowest BCUT2D eigenvalue weighted by atomic mass is 9.88. The van der Waals surface area contributed by atoms with Crippen molar-refractivity contribution in [1.29, 1.82) is 0 Å². The molecule has 1 heterocycles. The quantitative estimate of drug-likeness (QED) is 0.178. The molecule has 0 spiro atoms. The Bertz CT molecular complexity index is 1040. The van der Waals surface area contributed by atoms with E-state index in [-0.39, 0.29) is 13.0 Å². The minimum atomic E-state index is -3.90. The van der Waals surface area contributed by atoms with Crippen LogP contribution >= 0.6 is 0 Å². The first kappa shape index (κ1) is 24.8. The van der Waals surface area contributed by atoms with Crippen LogP contribution in [-0.4, -0.2) is 68.5 Å². The van der Waals surface area contributed by atoms with Crippen LogP contribution < -0.4 is 21.2 Å². The van der Waals surface area contributed by atoms with Gasteiger partial charge >= 0.3 is 6.09 Å². The van der Waals surface area contributed by atoms with Crippen molar-refractivity contribution in [3.63, 3.8) is 0 Å². The average Bonchev–Trinajstić information content (AvgIpc) is 3.10. The van der Waals surface area contributed by atoms with Gasteiger partial charge in [-0.15, -0.1) is 0 Å². The summed E-state index contributed by atoms with van der Waals surface area (Å²) in [5.41, 5.74) is 5.59. The number of hydrogen-bond acceptors (Lipinski definition) is 9. The number of sulfone groups is 1. The van der Waals surface area contributed by atoms with Crippen molar-refractivity contribution in [1.82, 2.24) is 16.3 Å². The molecule has 1 aliphatic heterocycles. The van der Waals surface area contributed by atoms with Gasteiger partial charge in [0.2, 0.25) is 0 Å². The highest BCUT2D eigenvalue weighted by molar-refractivity contribution is 7.92. The second-order valence-corrected chi connectivity index (χ2v) is 10.8. The maximum Gasteiger partial charge on any atom is 0.414 e. The van der Waals surface area contributed by atoms with E-state index in [2.05, 4.69) is 22.8 Å². The van der Waals surface area contributed by atoms with Crippen molar-refractivity contribution in [3.8, 4) is 12.0 Å². The Balaban J connectivity index is 1.59. The minimum Gasteiger partial charge on any atom is -0.444 e. The van der Waals surface area contributed by atoms with Gasteiger partial charge in [-0.2, -0.15) is 5.48 Å². The van der Waals surface area contributed by atoms with Crippen LogP contribution in [0.1, 0.15) is 31.7 Å². The van der Waals surface area contributed by atoms with Crippen LogP contribution in [0.15, 0.2) is 24.3 Å². The lowest BCUT2D eigenvalue weighted by Crippen LogP contribution is -2.51. The zero-order valence-corrected chi connectivity index (χ0v) is 19.4. The van der Waals surface area contributed by atoms with Crippen LogP contribution in [0.4, 0.5) is 10.5 Å². The number of carbonyl (C=O) groups is 2. The lowest BCUT2D eigenvalue weighted by Gasteiger charge is -2.34. The Labute approximate surface area is 192 Å². The van der Waals surface area contributed by atoms with E-state index < -0.39 is 32.7 Å². The number of rotatable bonds is 8. The first-order valence-corrected chi connectivity index (χ1v) is 12.2. The molecule has 1 aromatic rings. The Kier molecular flexibility index (Phi) is 7.48. The standard InChI is InChI=1S/C21H28N4O7S/c1-21(19(26)23-28,33(3,29)30)12-18-13-25(20(27)32-18)17-6-4-14(5-7-17)8-9-22-15-10-16(11-15)24-31-2/h4-7,15-16,18,22,24,28H,10-13H2,1-3H3,(H,23,26). The molecule has 2 aliphatic rings. The molecule has 0 radical (unpaired) electrons. The number of ether oxygens (including phenoxy) is 1. The number of nitrogens with zero attached hydrogens (tertiary/aromatic N) is 1. The third kappa shape index (κ3) is 5.56.